The van der Waals surface area contributed by atoms with Gasteiger partial charge in [-0.3, -0.25) is 4.79 Å². The van der Waals surface area contributed by atoms with E-state index in [0.29, 0.717) is 5.56 Å². The third-order valence-corrected chi connectivity index (χ3v) is 1.34. The van der Waals surface area contributed by atoms with Gasteiger partial charge in [-0.05, 0) is 6.85 Å². The second kappa shape index (κ2) is 4.91. The molecule has 0 fully saturated rings. The van der Waals surface area contributed by atoms with Gasteiger partial charge in [-0.15, -0.1) is 12.4 Å². The molecule has 0 radical (unpaired) electrons. The zero-order chi connectivity index (χ0) is 10.8. The third kappa shape index (κ3) is 2.64. The first-order chi connectivity index (χ1) is 6.43. The molecule has 0 amide bonds. The number of halogens is 1. The first-order valence-corrected chi connectivity index (χ1v) is 3.28. The molecule has 0 aliphatic carbocycles. The van der Waals surface area contributed by atoms with Crippen LogP contribution in [0.4, 0.5) is 0 Å². The van der Waals surface area contributed by atoms with Crippen molar-refractivity contribution in [3.63, 3.8) is 0 Å². The molecule has 0 aromatic heterocycles. The summed E-state index contributed by atoms with van der Waals surface area (Å²) in [7, 11) is 0. The monoisotopic (exact) mass is 188 g/mol. The fraction of sp³-hybridized carbons (Fsp3) is 0.222. The maximum absolute atomic E-state index is 11.5. The molecule has 0 bridgehead atoms. The van der Waals surface area contributed by atoms with Crippen LogP contribution in [0.2, 0.25) is 0 Å². The van der Waals surface area contributed by atoms with Crippen LogP contribution in [0.1, 0.15) is 21.3 Å². The van der Waals surface area contributed by atoms with Crippen molar-refractivity contribution < 1.29 is 8.91 Å². The smallest absolute Gasteiger partial charge is 0.179 e. The van der Waals surface area contributed by atoms with E-state index in [4.69, 9.17) is 9.85 Å². The van der Waals surface area contributed by atoms with Crippen molar-refractivity contribution in [3.8, 4) is 0 Å². The van der Waals surface area contributed by atoms with Crippen molar-refractivity contribution >= 4 is 18.2 Å². The van der Waals surface area contributed by atoms with Crippen LogP contribution in [0.15, 0.2) is 30.3 Å². The maximum Gasteiger partial charge on any atom is 0.179 e. The van der Waals surface area contributed by atoms with Gasteiger partial charge in [0.1, 0.15) is 0 Å². The van der Waals surface area contributed by atoms with E-state index in [1.54, 1.807) is 30.3 Å². The van der Waals surface area contributed by atoms with E-state index in [1.165, 1.54) is 0 Å². The number of ketones is 1. The van der Waals surface area contributed by atoms with Crippen LogP contribution >= 0.6 is 12.4 Å². The highest BCUT2D eigenvalue weighted by Gasteiger charge is 2.08. The molecule has 0 heterocycles. The maximum atomic E-state index is 11.5. The zero-order valence-electron chi connectivity index (χ0n) is 9.36. The van der Waals surface area contributed by atoms with Gasteiger partial charge in [0, 0.05) is 9.68 Å². The molecule has 0 aliphatic rings. The van der Waals surface area contributed by atoms with E-state index in [2.05, 4.69) is 0 Å². The molecule has 3 heteroatoms. The Kier molecular flexibility index (Phi) is 2.71. The summed E-state index contributed by atoms with van der Waals surface area (Å²) in [5.41, 5.74) is 5.64. The summed E-state index contributed by atoms with van der Waals surface area (Å²) in [4.78, 5) is 11.5. The number of rotatable bonds is 2. The molecular formula is C9H12ClNO. The standard InChI is InChI=1S/C9H11NO.ClH/c1-7(10)9(11)8-5-3-2-4-6-8;/h2-7H,10H2,1H3;1H/t7-;/m0./s1/i1D3;. The molecule has 1 aromatic rings. The van der Waals surface area contributed by atoms with Crippen LogP contribution in [-0.4, -0.2) is 11.8 Å². The lowest BCUT2D eigenvalue weighted by atomic mass is 10.1. The van der Waals surface area contributed by atoms with Gasteiger partial charge in [0.25, 0.3) is 0 Å². The van der Waals surface area contributed by atoms with Crippen LogP contribution < -0.4 is 5.73 Å². The largest absolute Gasteiger partial charge is 0.321 e. The van der Waals surface area contributed by atoms with Crippen LogP contribution in [0.25, 0.3) is 0 Å². The fourth-order valence-electron chi connectivity index (χ4n) is 0.782. The summed E-state index contributed by atoms with van der Waals surface area (Å²) in [6, 6.07) is 6.74. The SMILES string of the molecule is Cl.[2H]C([2H])([2H])[C@H](N)C(=O)c1ccccc1. The first kappa shape index (κ1) is 6.63. The normalized spacial score (nSPS) is 16.2. The van der Waals surface area contributed by atoms with E-state index >= 15 is 0 Å². The molecule has 2 N–H and O–H groups in total. The Bertz CT molecular complexity index is 326. The van der Waals surface area contributed by atoms with Gasteiger partial charge < -0.3 is 5.73 Å². The molecular weight excluding hydrogens is 174 g/mol. The van der Waals surface area contributed by atoms with Gasteiger partial charge in [-0.1, -0.05) is 30.3 Å². The van der Waals surface area contributed by atoms with Gasteiger partial charge in [-0.2, -0.15) is 0 Å². The van der Waals surface area contributed by atoms with Crippen LogP contribution in [0.3, 0.4) is 0 Å². The molecule has 1 aromatic carbocycles. The first-order valence-electron chi connectivity index (χ1n) is 4.78. The van der Waals surface area contributed by atoms with E-state index in [9.17, 15) is 4.79 Å². The van der Waals surface area contributed by atoms with Gasteiger partial charge in [-0.25, -0.2) is 0 Å². The molecule has 12 heavy (non-hydrogen) atoms. The summed E-state index contributed by atoms with van der Waals surface area (Å²) in [6.07, 6.45) is 0. The van der Waals surface area contributed by atoms with Crippen molar-refractivity contribution in [2.45, 2.75) is 12.9 Å². The predicted octanol–water partition coefficient (Wildman–Crippen LogP) is 1.64. The van der Waals surface area contributed by atoms with E-state index in [1.807, 2.05) is 0 Å². The van der Waals surface area contributed by atoms with Gasteiger partial charge in [0.2, 0.25) is 0 Å². The Balaban J connectivity index is 0.00000196. The number of benzene rings is 1. The van der Waals surface area contributed by atoms with E-state index in [-0.39, 0.29) is 12.4 Å². The minimum atomic E-state index is -2.44. The number of nitrogens with two attached hydrogens (primary N) is 1. The predicted molar refractivity (Wildman–Crippen MR) is 51.7 cm³/mol. The summed E-state index contributed by atoms with van der Waals surface area (Å²) in [5.74, 6) is -0.550. The lowest BCUT2D eigenvalue weighted by Gasteiger charge is -2.02. The number of hydrogen-bond donors (Lipinski definition) is 1. The minimum Gasteiger partial charge on any atom is -0.321 e. The highest BCUT2D eigenvalue weighted by Crippen LogP contribution is 2.01. The average molecular weight is 189 g/mol. The van der Waals surface area contributed by atoms with Crippen molar-refractivity contribution in [1.29, 1.82) is 0 Å². The summed E-state index contributed by atoms with van der Waals surface area (Å²) in [6.45, 7) is -2.44. The quantitative estimate of drug-likeness (QED) is 0.718. The molecule has 0 aliphatic heterocycles. The second-order valence-electron chi connectivity index (χ2n) is 2.21. The minimum absolute atomic E-state index is 0. The number of hydrogen-bond acceptors (Lipinski definition) is 2. The summed E-state index contributed by atoms with van der Waals surface area (Å²) < 4.78 is 21.0. The van der Waals surface area contributed by atoms with Crippen molar-refractivity contribution in [3.05, 3.63) is 35.9 Å². The topological polar surface area (TPSA) is 43.1 Å². The van der Waals surface area contributed by atoms with Crippen LogP contribution in [0, 0.1) is 0 Å². The molecule has 0 spiro atoms. The van der Waals surface area contributed by atoms with Gasteiger partial charge in [0.05, 0.1) is 6.04 Å². The van der Waals surface area contributed by atoms with Crippen LogP contribution in [-0.2, 0) is 0 Å². The van der Waals surface area contributed by atoms with E-state index in [0.717, 1.165) is 0 Å². The molecule has 0 unspecified atom stereocenters. The zero-order valence-corrected chi connectivity index (χ0v) is 7.17. The number of Topliss-reactive ketones (excluding diaryl/α,β-unsaturated/α-hetero) is 1. The summed E-state index contributed by atoms with van der Waals surface area (Å²) in [5, 5.41) is 0. The van der Waals surface area contributed by atoms with Crippen molar-refractivity contribution in [2.75, 3.05) is 0 Å². The molecule has 1 atom stereocenters. The molecule has 1 rings (SSSR count). The Morgan fingerprint density at radius 2 is 2.08 bits per heavy atom. The van der Waals surface area contributed by atoms with Crippen LogP contribution in [0.5, 0.6) is 0 Å². The second-order valence-corrected chi connectivity index (χ2v) is 2.21. The highest BCUT2D eigenvalue weighted by molar-refractivity contribution is 5.99. The molecule has 0 saturated heterocycles. The third-order valence-electron chi connectivity index (χ3n) is 1.34. The van der Waals surface area contributed by atoms with Gasteiger partial charge >= 0.3 is 0 Å². The Morgan fingerprint density at radius 3 is 2.58 bits per heavy atom. The van der Waals surface area contributed by atoms with Crippen molar-refractivity contribution in [2.24, 2.45) is 5.73 Å². The Hall–Kier alpha value is -0.860. The number of carbonyl (C=O) groups excluding carboxylic acids is 1. The number of carbonyl (C=O) groups is 1. The Labute approximate surface area is 82.4 Å². The Morgan fingerprint density at radius 1 is 1.50 bits per heavy atom. The lowest BCUT2D eigenvalue weighted by molar-refractivity contribution is 0.0968. The van der Waals surface area contributed by atoms with Crippen molar-refractivity contribution in [1.82, 2.24) is 0 Å². The van der Waals surface area contributed by atoms with E-state index < -0.39 is 18.7 Å². The molecule has 2 nitrogen and oxygen atoms in total. The molecule has 0 saturated carbocycles. The average Bonchev–Trinajstić information content (AvgIpc) is 2.15. The lowest BCUT2D eigenvalue weighted by Crippen LogP contribution is -2.26. The fourth-order valence-corrected chi connectivity index (χ4v) is 0.782. The summed E-state index contributed by atoms with van der Waals surface area (Å²) >= 11 is 0. The van der Waals surface area contributed by atoms with Gasteiger partial charge in [0.15, 0.2) is 5.78 Å². The highest BCUT2D eigenvalue weighted by atomic mass is 35.5. The molecule has 66 valence electrons.